The zero-order valence-corrected chi connectivity index (χ0v) is 15.5. The first-order chi connectivity index (χ1) is 13.5. The van der Waals surface area contributed by atoms with Crippen LogP contribution in [0.3, 0.4) is 0 Å². The lowest BCUT2D eigenvalue weighted by Gasteiger charge is -2.24. The molecule has 1 atom stereocenters. The van der Waals surface area contributed by atoms with Crippen LogP contribution in [0, 0.1) is 18.6 Å². The van der Waals surface area contributed by atoms with Crippen LogP contribution in [0.2, 0.25) is 0 Å². The number of halogens is 2. The van der Waals surface area contributed by atoms with Gasteiger partial charge in [0.25, 0.3) is 0 Å². The first kappa shape index (κ1) is 18.3. The molecule has 0 saturated carbocycles. The molecule has 4 rings (SSSR count). The topological polar surface area (TPSA) is 64.7 Å². The minimum absolute atomic E-state index is 0.0632. The molecule has 8 heteroatoms. The Hall–Kier alpha value is -3.03. The number of rotatable bonds is 5. The summed E-state index contributed by atoms with van der Waals surface area (Å²) in [6.07, 6.45) is 6.22. The second-order valence-corrected chi connectivity index (χ2v) is 7.04. The van der Waals surface area contributed by atoms with E-state index in [1.54, 1.807) is 10.9 Å². The second-order valence-electron chi connectivity index (χ2n) is 7.04. The number of hydrogen-bond acceptors (Lipinski definition) is 3. The molecule has 6 nitrogen and oxygen atoms in total. The van der Waals surface area contributed by atoms with Gasteiger partial charge in [0.1, 0.15) is 11.5 Å². The monoisotopic (exact) mass is 385 g/mol. The second kappa shape index (κ2) is 7.53. The molecular weight excluding hydrogens is 364 g/mol. The van der Waals surface area contributed by atoms with Crippen molar-refractivity contribution in [1.82, 2.24) is 24.9 Å². The van der Waals surface area contributed by atoms with Crippen molar-refractivity contribution in [3.05, 3.63) is 65.2 Å². The smallest absolute Gasteiger partial charge is 0.222 e. The van der Waals surface area contributed by atoms with Crippen LogP contribution in [0.15, 0.2) is 36.7 Å². The van der Waals surface area contributed by atoms with E-state index >= 15 is 0 Å². The van der Waals surface area contributed by atoms with Crippen molar-refractivity contribution in [1.29, 1.82) is 0 Å². The predicted molar refractivity (Wildman–Crippen MR) is 98.9 cm³/mol. The lowest BCUT2D eigenvalue weighted by atomic mass is 9.92. The van der Waals surface area contributed by atoms with E-state index in [0.29, 0.717) is 13.0 Å². The fraction of sp³-hybridized carbons (Fsp3) is 0.350. The van der Waals surface area contributed by atoms with Crippen LogP contribution in [0.25, 0.3) is 5.69 Å². The van der Waals surface area contributed by atoms with Gasteiger partial charge in [-0.2, -0.15) is 10.2 Å². The minimum Gasteiger partial charge on any atom is -0.349 e. The van der Waals surface area contributed by atoms with Gasteiger partial charge in [0.2, 0.25) is 5.91 Å². The first-order valence-corrected chi connectivity index (χ1v) is 9.33. The normalized spacial score (nSPS) is 16.0. The molecule has 2 heterocycles. The SMILES string of the molecule is Cc1ccn(CCC(=O)NC2CCCc3c2cnn3-c2ccc(F)cc2F)n1. The molecule has 1 unspecified atom stereocenters. The summed E-state index contributed by atoms with van der Waals surface area (Å²) >= 11 is 0. The highest BCUT2D eigenvalue weighted by molar-refractivity contribution is 5.76. The van der Waals surface area contributed by atoms with Gasteiger partial charge in [-0.25, -0.2) is 13.5 Å². The van der Waals surface area contributed by atoms with Gasteiger partial charge < -0.3 is 5.32 Å². The molecule has 1 amide bonds. The average molecular weight is 385 g/mol. The van der Waals surface area contributed by atoms with Crippen molar-refractivity contribution in [2.75, 3.05) is 0 Å². The molecular formula is C20H21F2N5O. The molecule has 1 aliphatic carbocycles. The third-order valence-electron chi connectivity index (χ3n) is 5.00. The zero-order valence-electron chi connectivity index (χ0n) is 15.5. The van der Waals surface area contributed by atoms with Crippen LogP contribution in [-0.4, -0.2) is 25.5 Å². The van der Waals surface area contributed by atoms with Gasteiger partial charge >= 0.3 is 0 Å². The quantitative estimate of drug-likeness (QED) is 0.733. The fourth-order valence-corrected chi connectivity index (χ4v) is 3.64. The number of carbonyl (C=O) groups excluding carboxylic acids is 1. The highest BCUT2D eigenvalue weighted by Gasteiger charge is 2.26. The average Bonchev–Trinajstić information content (AvgIpc) is 3.27. The van der Waals surface area contributed by atoms with E-state index in [1.807, 2.05) is 19.2 Å². The molecule has 0 spiro atoms. The maximum Gasteiger partial charge on any atom is 0.222 e. The summed E-state index contributed by atoms with van der Waals surface area (Å²) in [6.45, 7) is 2.42. The Morgan fingerprint density at radius 2 is 2.18 bits per heavy atom. The largest absolute Gasteiger partial charge is 0.349 e. The summed E-state index contributed by atoms with van der Waals surface area (Å²) in [5.74, 6) is -1.35. The Balaban J connectivity index is 1.48. The lowest BCUT2D eigenvalue weighted by Crippen LogP contribution is -2.31. The Morgan fingerprint density at radius 3 is 2.93 bits per heavy atom. The van der Waals surface area contributed by atoms with Crippen LogP contribution in [0.4, 0.5) is 8.78 Å². The minimum atomic E-state index is -0.661. The summed E-state index contributed by atoms with van der Waals surface area (Å²) in [5.41, 5.74) is 2.87. The summed E-state index contributed by atoms with van der Waals surface area (Å²) in [7, 11) is 0. The molecule has 1 aromatic carbocycles. The van der Waals surface area contributed by atoms with Crippen LogP contribution in [0.5, 0.6) is 0 Å². The highest BCUT2D eigenvalue weighted by Crippen LogP contribution is 2.31. The third-order valence-corrected chi connectivity index (χ3v) is 5.00. The van der Waals surface area contributed by atoms with Crippen LogP contribution in [0.1, 0.15) is 42.3 Å². The zero-order chi connectivity index (χ0) is 19.7. The van der Waals surface area contributed by atoms with Gasteiger partial charge in [0, 0.05) is 36.5 Å². The molecule has 28 heavy (non-hydrogen) atoms. The van der Waals surface area contributed by atoms with Crippen molar-refractivity contribution in [2.45, 2.75) is 45.2 Å². The van der Waals surface area contributed by atoms with E-state index < -0.39 is 11.6 Å². The molecule has 0 bridgehead atoms. The molecule has 0 radical (unpaired) electrons. The third kappa shape index (κ3) is 3.67. The highest BCUT2D eigenvalue weighted by atomic mass is 19.1. The molecule has 0 aliphatic heterocycles. The maximum atomic E-state index is 14.2. The van der Waals surface area contributed by atoms with Gasteiger partial charge in [-0.1, -0.05) is 0 Å². The number of nitrogens with one attached hydrogen (secondary N) is 1. The molecule has 0 fully saturated rings. The Morgan fingerprint density at radius 1 is 1.32 bits per heavy atom. The molecule has 3 aromatic rings. The number of amides is 1. The number of nitrogens with zero attached hydrogens (tertiary/aromatic N) is 4. The summed E-state index contributed by atoms with van der Waals surface area (Å²) in [5, 5.41) is 11.6. The van der Waals surface area contributed by atoms with Gasteiger partial charge in [0.15, 0.2) is 5.82 Å². The van der Waals surface area contributed by atoms with E-state index in [0.717, 1.165) is 42.3 Å². The van der Waals surface area contributed by atoms with E-state index in [2.05, 4.69) is 15.5 Å². The fourth-order valence-electron chi connectivity index (χ4n) is 3.64. The lowest BCUT2D eigenvalue weighted by molar-refractivity contribution is -0.122. The van der Waals surface area contributed by atoms with Crippen molar-refractivity contribution in [3.63, 3.8) is 0 Å². The molecule has 0 saturated heterocycles. The number of fused-ring (bicyclic) bond motifs is 1. The first-order valence-electron chi connectivity index (χ1n) is 9.33. The molecule has 1 N–H and O–H groups in total. The predicted octanol–water partition coefficient (Wildman–Crippen LogP) is 3.24. The van der Waals surface area contributed by atoms with E-state index in [-0.39, 0.29) is 17.6 Å². The van der Waals surface area contributed by atoms with E-state index in [9.17, 15) is 13.6 Å². The van der Waals surface area contributed by atoms with E-state index in [1.165, 1.54) is 16.8 Å². The van der Waals surface area contributed by atoms with Crippen LogP contribution < -0.4 is 5.32 Å². The number of hydrogen-bond donors (Lipinski definition) is 1. The van der Waals surface area contributed by atoms with Gasteiger partial charge in [-0.05, 0) is 44.4 Å². The molecule has 2 aromatic heterocycles. The summed E-state index contributed by atoms with van der Waals surface area (Å²) < 4.78 is 30.6. The standard InChI is InChI=1S/C20H21F2N5O/c1-13-7-9-26(25-13)10-8-20(28)24-17-3-2-4-18-15(17)12-23-27(18)19-6-5-14(21)11-16(19)22/h5-7,9,11-12,17H,2-4,8,10H2,1H3,(H,24,28). The van der Waals surface area contributed by atoms with E-state index in [4.69, 9.17) is 0 Å². The summed E-state index contributed by atoms with van der Waals surface area (Å²) in [6, 6.07) is 5.18. The number of aryl methyl sites for hydroxylation is 2. The van der Waals surface area contributed by atoms with Crippen molar-refractivity contribution < 1.29 is 13.6 Å². The van der Waals surface area contributed by atoms with Crippen LogP contribution >= 0.6 is 0 Å². The van der Waals surface area contributed by atoms with Crippen molar-refractivity contribution >= 4 is 5.91 Å². The van der Waals surface area contributed by atoms with Crippen LogP contribution in [-0.2, 0) is 17.8 Å². The Kier molecular flexibility index (Phi) is 4.93. The number of aromatic nitrogens is 4. The molecule has 146 valence electrons. The summed E-state index contributed by atoms with van der Waals surface area (Å²) in [4.78, 5) is 12.4. The molecule has 1 aliphatic rings. The van der Waals surface area contributed by atoms with Gasteiger partial charge in [-0.3, -0.25) is 9.48 Å². The van der Waals surface area contributed by atoms with Gasteiger partial charge in [0.05, 0.1) is 17.9 Å². The number of carbonyl (C=O) groups is 1. The van der Waals surface area contributed by atoms with Crippen molar-refractivity contribution in [3.8, 4) is 5.69 Å². The van der Waals surface area contributed by atoms with Crippen molar-refractivity contribution in [2.24, 2.45) is 0 Å². The Bertz CT molecular complexity index is 1010. The van der Waals surface area contributed by atoms with Gasteiger partial charge in [-0.15, -0.1) is 0 Å². The maximum absolute atomic E-state index is 14.2. The number of benzene rings is 1. The Labute approximate surface area is 161 Å².